The summed E-state index contributed by atoms with van der Waals surface area (Å²) in [5.41, 5.74) is 1.55. The van der Waals surface area contributed by atoms with E-state index in [1.54, 1.807) is 17.5 Å². The van der Waals surface area contributed by atoms with E-state index in [0.29, 0.717) is 28.7 Å². The van der Waals surface area contributed by atoms with Gasteiger partial charge in [-0.2, -0.15) is 0 Å². The highest BCUT2D eigenvalue weighted by atomic mass is 32.1. The molecule has 0 radical (unpaired) electrons. The third kappa shape index (κ3) is 4.83. The van der Waals surface area contributed by atoms with Gasteiger partial charge in [-0.3, -0.25) is 14.5 Å². The topological polar surface area (TPSA) is 78.0 Å². The van der Waals surface area contributed by atoms with Gasteiger partial charge in [-0.15, -0.1) is 11.3 Å². The first-order valence-electron chi connectivity index (χ1n) is 9.55. The van der Waals surface area contributed by atoms with Crippen LogP contribution in [-0.4, -0.2) is 23.7 Å². The van der Waals surface area contributed by atoms with E-state index in [4.69, 9.17) is 14.2 Å². The molecular formula is C22H19FN2O5S. The van der Waals surface area contributed by atoms with Gasteiger partial charge in [0.05, 0.1) is 11.4 Å². The second-order valence-electron chi connectivity index (χ2n) is 6.78. The number of carbonyl (C=O) groups excluding carboxylic acids is 2. The van der Waals surface area contributed by atoms with Gasteiger partial charge in [0.15, 0.2) is 16.6 Å². The zero-order valence-electron chi connectivity index (χ0n) is 16.7. The highest BCUT2D eigenvalue weighted by Crippen LogP contribution is 2.33. The molecule has 1 aliphatic rings. The lowest BCUT2D eigenvalue weighted by Gasteiger charge is -2.18. The quantitative estimate of drug-likeness (QED) is 0.506. The van der Waals surface area contributed by atoms with Crippen molar-refractivity contribution in [1.29, 1.82) is 0 Å². The predicted molar refractivity (Wildman–Crippen MR) is 112 cm³/mol. The van der Waals surface area contributed by atoms with Crippen LogP contribution < -0.4 is 14.4 Å². The SMILES string of the molecule is CC(=O)N(c1nc(COC(=O)CCc2ccc3c(c2)OCO3)cs1)c1ccccc1F. The Morgan fingerprint density at radius 3 is 2.81 bits per heavy atom. The van der Waals surface area contributed by atoms with E-state index in [1.165, 1.54) is 35.3 Å². The van der Waals surface area contributed by atoms with Gasteiger partial charge in [0.1, 0.15) is 12.4 Å². The minimum atomic E-state index is -0.524. The van der Waals surface area contributed by atoms with Gasteiger partial charge < -0.3 is 14.2 Å². The molecule has 0 atom stereocenters. The van der Waals surface area contributed by atoms with Crippen LogP contribution in [0.5, 0.6) is 11.5 Å². The average molecular weight is 442 g/mol. The number of rotatable bonds is 7. The lowest BCUT2D eigenvalue weighted by molar-refractivity contribution is -0.145. The second kappa shape index (κ2) is 9.13. The molecule has 160 valence electrons. The number of hydrogen-bond donors (Lipinski definition) is 0. The molecule has 1 amide bonds. The zero-order valence-corrected chi connectivity index (χ0v) is 17.5. The molecule has 0 bridgehead atoms. The number of anilines is 2. The third-order valence-corrected chi connectivity index (χ3v) is 5.45. The summed E-state index contributed by atoms with van der Waals surface area (Å²) in [6.45, 7) is 1.51. The van der Waals surface area contributed by atoms with Crippen molar-refractivity contribution in [1.82, 2.24) is 4.98 Å². The summed E-state index contributed by atoms with van der Waals surface area (Å²) in [6.07, 6.45) is 0.703. The Morgan fingerprint density at radius 2 is 2.00 bits per heavy atom. The molecule has 31 heavy (non-hydrogen) atoms. The standard InChI is InChI=1S/C22H19FN2O5S/c1-14(26)25(18-5-3-2-4-17(18)23)22-24-16(12-31-22)11-28-21(27)9-7-15-6-8-19-20(10-15)30-13-29-19/h2-6,8,10,12H,7,9,11,13H2,1H3. The van der Waals surface area contributed by atoms with E-state index < -0.39 is 5.82 Å². The third-order valence-electron chi connectivity index (χ3n) is 4.57. The number of amides is 1. The number of aromatic nitrogens is 1. The number of para-hydroxylation sites is 1. The summed E-state index contributed by atoms with van der Waals surface area (Å²) in [7, 11) is 0. The van der Waals surface area contributed by atoms with Gasteiger partial charge in [-0.1, -0.05) is 18.2 Å². The summed E-state index contributed by atoms with van der Waals surface area (Å²) >= 11 is 1.17. The maximum atomic E-state index is 14.1. The lowest BCUT2D eigenvalue weighted by Crippen LogP contribution is -2.23. The second-order valence-corrected chi connectivity index (χ2v) is 7.61. The maximum Gasteiger partial charge on any atom is 0.306 e. The highest BCUT2D eigenvalue weighted by Gasteiger charge is 2.21. The smallest absolute Gasteiger partial charge is 0.306 e. The Kier molecular flexibility index (Phi) is 6.13. The van der Waals surface area contributed by atoms with Gasteiger partial charge >= 0.3 is 5.97 Å². The van der Waals surface area contributed by atoms with Gasteiger partial charge in [0, 0.05) is 18.7 Å². The monoisotopic (exact) mass is 442 g/mol. The van der Waals surface area contributed by atoms with E-state index in [1.807, 2.05) is 18.2 Å². The molecule has 3 aromatic rings. The van der Waals surface area contributed by atoms with Crippen molar-refractivity contribution in [2.75, 3.05) is 11.7 Å². The summed E-state index contributed by atoms with van der Waals surface area (Å²) < 4.78 is 30.0. The number of esters is 1. The molecule has 1 aliphatic heterocycles. The number of hydrogen-bond acceptors (Lipinski definition) is 7. The van der Waals surface area contributed by atoms with Crippen LogP contribution in [-0.2, 0) is 27.4 Å². The molecule has 2 heterocycles. The van der Waals surface area contributed by atoms with Crippen LogP contribution in [0.3, 0.4) is 0 Å². The van der Waals surface area contributed by atoms with Crippen LogP contribution in [0.25, 0.3) is 0 Å². The molecule has 1 aromatic heterocycles. The molecule has 0 saturated carbocycles. The van der Waals surface area contributed by atoms with Gasteiger partial charge in [-0.05, 0) is 36.2 Å². The number of ether oxygens (including phenoxy) is 3. The van der Waals surface area contributed by atoms with E-state index >= 15 is 0 Å². The fourth-order valence-electron chi connectivity index (χ4n) is 3.08. The molecule has 7 nitrogen and oxygen atoms in total. The summed E-state index contributed by atoms with van der Waals surface area (Å²) in [6, 6.07) is 11.5. The normalized spacial score (nSPS) is 11.9. The predicted octanol–water partition coefficient (Wildman–Crippen LogP) is 4.37. The molecular weight excluding hydrogens is 423 g/mol. The molecule has 0 fully saturated rings. The number of thiazole rings is 1. The Labute approximate surface area is 182 Å². The van der Waals surface area contributed by atoms with E-state index in [9.17, 15) is 14.0 Å². The number of benzene rings is 2. The van der Waals surface area contributed by atoms with Crippen LogP contribution in [0.2, 0.25) is 0 Å². The first-order chi connectivity index (χ1) is 15.0. The van der Waals surface area contributed by atoms with Crippen LogP contribution in [0.15, 0.2) is 47.8 Å². The van der Waals surface area contributed by atoms with Crippen molar-refractivity contribution < 1.29 is 28.2 Å². The molecule has 0 unspecified atom stereocenters. The number of fused-ring (bicyclic) bond motifs is 1. The fraction of sp³-hybridized carbons (Fsp3) is 0.227. The van der Waals surface area contributed by atoms with Crippen LogP contribution in [0.4, 0.5) is 15.2 Å². The minimum Gasteiger partial charge on any atom is -0.459 e. The van der Waals surface area contributed by atoms with Gasteiger partial charge in [-0.25, -0.2) is 9.37 Å². The zero-order chi connectivity index (χ0) is 21.8. The van der Waals surface area contributed by atoms with Crippen molar-refractivity contribution in [3.8, 4) is 11.5 Å². The van der Waals surface area contributed by atoms with Crippen molar-refractivity contribution in [3.63, 3.8) is 0 Å². The molecule has 2 aromatic carbocycles. The van der Waals surface area contributed by atoms with Crippen molar-refractivity contribution in [2.45, 2.75) is 26.4 Å². The van der Waals surface area contributed by atoms with E-state index in [2.05, 4.69) is 4.98 Å². The van der Waals surface area contributed by atoms with E-state index in [-0.39, 0.29) is 37.4 Å². The van der Waals surface area contributed by atoms with Gasteiger partial charge in [0.2, 0.25) is 12.7 Å². The Morgan fingerprint density at radius 1 is 1.19 bits per heavy atom. The summed E-state index contributed by atoms with van der Waals surface area (Å²) in [5, 5.41) is 1.99. The summed E-state index contributed by atoms with van der Waals surface area (Å²) in [5.74, 6) is 0.104. The van der Waals surface area contributed by atoms with Crippen molar-refractivity contribution in [2.24, 2.45) is 0 Å². The van der Waals surface area contributed by atoms with Crippen LogP contribution in [0, 0.1) is 5.82 Å². The highest BCUT2D eigenvalue weighted by molar-refractivity contribution is 7.14. The average Bonchev–Trinajstić information content (AvgIpc) is 3.41. The largest absolute Gasteiger partial charge is 0.459 e. The molecule has 0 aliphatic carbocycles. The fourth-order valence-corrected chi connectivity index (χ4v) is 3.94. The number of aryl methyl sites for hydroxylation is 1. The van der Waals surface area contributed by atoms with E-state index in [0.717, 1.165) is 5.56 Å². The molecule has 0 spiro atoms. The van der Waals surface area contributed by atoms with Crippen molar-refractivity contribution in [3.05, 3.63) is 64.9 Å². The van der Waals surface area contributed by atoms with Crippen LogP contribution >= 0.6 is 11.3 Å². The minimum absolute atomic E-state index is 0.0283. The number of halogens is 1. The maximum absolute atomic E-state index is 14.1. The Bertz CT molecular complexity index is 1120. The lowest BCUT2D eigenvalue weighted by atomic mass is 10.1. The first-order valence-corrected chi connectivity index (χ1v) is 10.4. The molecule has 0 N–H and O–H groups in total. The molecule has 0 saturated heterocycles. The van der Waals surface area contributed by atoms with Gasteiger partial charge in [0.25, 0.3) is 0 Å². The Hall–Kier alpha value is -3.46. The number of nitrogens with zero attached hydrogens (tertiary/aromatic N) is 2. The molecule has 4 rings (SSSR count). The van der Waals surface area contributed by atoms with Crippen molar-refractivity contribution >= 4 is 34.0 Å². The van der Waals surface area contributed by atoms with Crippen LogP contribution in [0.1, 0.15) is 24.6 Å². The summed E-state index contributed by atoms with van der Waals surface area (Å²) in [4.78, 5) is 29.7. The Balaban J connectivity index is 1.34. The molecule has 9 heteroatoms. The number of carbonyl (C=O) groups is 2. The first kappa shape index (κ1) is 20.8.